The summed E-state index contributed by atoms with van der Waals surface area (Å²) in [5, 5.41) is 3.01. The molecule has 1 saturated heterocycles. The van der Waals surface area contributed by atoms with Crippen LogP contribution in [-0.4, -0.2) is 45.6 Å². The topological polar surface area (TPSA) is 69.7 Å². The highest BCUT2D eigenvalue weighted by molar-refractivity contribution is 7.92. The molecule has 0 aromatic heterocycles. The number of rotatable bonds is 7. The lowest BCUT2D eigenvalue weighted by molar-refractivity contribution is 0.0950. The lowest BCUT2D eigenvalue weighted by atomic mass is 10.0. The Hall–Kier alpha value is -2.38. The van der Waals surface area contributed by atoms with Gasteiger partial charge >= 0.3 is 0 Å². The predicted molar refractivity (Wildman–Crippen MR) is 121 cm³/mol. The number of carbonyl (C=O) groups is 1. The van der Waals surface area contributed by atoms with Crippen molar-refractivity contribution < 1.29 is 13.2 Å². The molecule has 0 spiro atoms. The minimum Gasteiger partial charge on any atom is -0.348 e. The van der Waals surface area contributed by atoms with Gasteiger partial charge in [-0.25, -0.2) is 8.42 Å². The summed E-state index contributed by atoms with van der Waals surface area (Å²) >= 11 is 0. The molecular formula is C23H31N3O3S. The number of carbonyl (C=O) groups excluding carboxylic acids is 1. The SMILES string of the molecule is Cc1cc(C(=O)NCc2ccccc2CN2CCCCC2)ccc1N(C)S(C)(=O)=O. The first kappa shape index (κ1) is 22.3. The van der Waals surface area contributed by atoms with E-state index >= 15 is 0 Å². The van der Waals surface area contributed by atoms with E-state index in [9.17, 15) is 13.2 Å². The van der Waals surface area contributed by atoms with Crippen molar-refractivity contribution >= 4 is 21.6 Å². The molecule has 3 rings (SSSR count). The van der Waals surface area contributed by atoms with E-state index in [0.29, 0.717) is 17.8 Å². The number of anilines is 1. The van der Waals surface area contributed by atoms with Crippen LogP contribution >= 0.6 is 0 Å². The number of aryl methyl sites for hydroxylation is 1. The van der Waals surface area contributed by atoms with Crippen molar-refractivity contribution in [1.29, 1.82) is 0 Å². The van der Waals surface area contributed by atoms with Gasteiger partial charge < -0.3 is 5.32 Å². The molecule has 0 bridgehead atoms. The molecule has 1 aliphatic heterocycles. The Morgan fingerprint density at radius 3 is 2.37 bits per heavy atom. The van der Waals surface area contributed by atoms with Gasteiger partial charge in [0.15, 0.2) is 0 Å². The summed E-state index contributed by atoms with van der Waals surface area (Å²) in [7, 11) is -1.84. The first-order valence-electron chi connectivity index (χ1n) is 10.4. The maximum atomic E-state index is 12.7. The van der Waals surface area contributed by atoms with Crippen LogP contribution in [0.4, 0.5) is 5.69 Å². The Balaban J connectivity index is 1.67. The second-order valence-corrected chi connectivity index (χ2v) is 10.0. The van der Waals surface area contributed by atoms with Gasteiger partial charge in [0.1, 0.15) is 0 Å². The molecule has 30 heavy (non-hydrogen) atoms. The van der Waals surface area contributed by atoms with Gasteiger partial charge in [0.05, 0.1) is 11.9 Å². The molecule has 0 atom stereocenters. The highest BCUT2D eigenvalue weighted by Crippen LogP contribution is 2.22. The summed E-state index contributed by atoms with van der Waals surface area (Å²) in [5.41, 5.74) is 4.20. The monoisotopic (exact) mass is 429 g/mol. The highest BCUT2D eigenvalue weighted by Gasteiger charge is 2.16. The zero-order chi connectivity index (χ0) is 21.7. The van der Waals surface area contributed by atoms with Crippen molar-refractivity contribution in [3.8, 4) is 0 Å². The number of amides is 1. The van der Waals surface area contributed by atoms with E-state index in [1.165, 1.54) is 36.2 Å². The molecule has 0 unspecified atom stereocenters. The maximum absolute atomic E-state index is 12.7. The third-order valence-corrected chi connectivity index (χ3v) is 6.89. The number of piperidine rings is 1. The van der Waals surface area contributed by atoms with Gasteiger partial charge in [-0.1, -0.05) is 30.7 Å². The molecule has 1 aliphatic rings. The van der Waals surface area contributed by atoms with Gasteiger partial charge in [0, 0.05) is 25.7 Å². The molecule has 1 N–H and O–H groups in total. The number of sulfonamides is 1. The Labute approximate surface area is 179 Å². The van der Waals surface area contributed by atoms with Gasteiger partial charge in [-0.05, 0) is 67.7 Å². The summed E-state index contributed by atoms with van der Waals surface area (Å²) < 4.78 is 24.8. The quantitative estimate of drug-likeness (QED) is 0.733. The van der Waals surface area contributed by atoms with E-state index in [1.54, 1.807) is 18.2 Å². The molecule has 2 aromatic carbocycles. The van der Waals surface area contributed by atoms with Crippen molar-refractivity contribution in [3.63, 3.8) is 0 Å². The lowest BCUT2D eigenvalue weighted by Crippen LogP contribution is -2.30. The molecule has 0 saturated carbocycles. The van der Waals surface area contributed by atoms with Crippen LogP contribution < -0.4 is 9.62 Å². The summed E-state index contributed by atoms with van der Waals surface area (Å²) in [4.78, 5) is 15.2. The van der Waals surface area contributed by atoms with Crippen molar-refractivity contribution in [3.05, 3.63) is 64.7 Å². The summed E-state index contributed by atoms with van der Waals surface area (Å²) in [6.45, 7) is 5.45. The number of nitrogens with zero attached hydrogens (tertiary/aromatic N) is 2. The molecule has 2 aromatic rings. The third-order valence-electron chi connectivity index (χ3n) is 5.70. The Morgan fingerprint density at radius 2 is 1.73 bits per heavy atom. The van der Waals surface area contributed by atoms with Crippen LogP contribution in [-0.2, 0) is 23.1 Å². The van der Waals surface area contributed by atoms with Crippen LogP contribution in [0.15, 0.2) is 42.5 Å². The van der Waals surface area contributed by atoms with Gasteiger partial charge in [-0.2, -0.15) is 0 Å². The fraction of sp³-hybridized carbons (Fsp3) is 0.435. The van der Waals surface area contributed by atoms with E-state index in [-0.39, 0.29) is 5.91 Å². The molecule has 1 amide bonds. The molecular weight excluding hydrogens is 398 g/mol. The number of hydrogen-bond donors (Lipinski definition) is 1. The molecule has 0 aliphatic carbocycles. The lowest BCUT2D eigenvalue weighted by Gasteiger charge is -2.27. The Kier molecular flexibility index (Phi) is 7.15. The van der Waals surface area contributed by atoms with E-state index in [4.69, 9.17) is 0 Å². The normalized spacial score (nSPS) is 15.0. The van der Waals surface area contributed by atoms with Gasteiger partial charge in [-0.3, -0.25) is 14.0 Å². The summed E-state index contributed by atoms with van der Waals surface area (Å²) in [6.07, 6.45) is 4.98. The minimum atomic E-state index is -3.35. The molecule has 7 heteroatoms. The molecule has 162 valence electrons. The summed E-state index contributed by atoms with van der Waals surface area (Å²) in [5.74, 6) is -0.167. The van der Waals surface area contributed by atoms with Gasteiger partial charge in [0.2, 0.25) is 10.0 Å². The van der Waals surface area contributed by atoms with E-state index in [1.807, 2.05) is 19.1 Å². The van der Waals surface area contributed by atoms with Crippen LogP contribution in [0.2, 0.25) is 0 Å². The van der Waals surface area contributed by atoms with Crippen LogP contribution in [0, 0.1) is 6.92 Å². The summed E-state index contributed by atoms with van der Waals surface area (Å²) in [6, 6.07) is 13.3. The van der Waals surface area contributed by atoms with Crippen molar-refractivity contribution in [2.45, 2.75) is 39.3 Å². The smallest absolute Gasteiger partial charge is 0.251 e. The number of hydrogen-bond acceptors (Lipinski definition) is 4. The van der Waals surface area contributed by atoms with E-state index in [0.717, 1.165) is 37.0 Å². The van der Waals surface area contributed by atoms with Crippen LogP contribution in [0.1, 0.15) is 46.3 Å². The van der Waals surface area contributed by atoms with Crippen molar-refractivity contribution in [2.24, 2.45) is 0 Å². The Morgan fingerprint density at radius 1 is 1.07 bits per heavy atom. The minimum absolute atomic E-state index is 0.167. The second-order valence-electron chi connectivity index (χ2n) is 8.02. The fourth-order valence-corrected chi connectivity index (χ4v) is 4.41. The first-order valence-corrected chi connectivity index (χ1v) is 12.2. The molecule has 0 radical (unpaired) electrons. The largest absolute Gasteiger partial charge is 0.348 e. The number of benzene rings is 2. The second kappa shape index (κ2) is 9.62. The van der Waals surface area contributed by atoms with E-state index < -0.39 is 10.0 Å². The van der Waals surface area contributed by atoms with Crippen molar-refractivity contribution in [1.82, 2.24) is 10.2 Å². The maximum Gasteiger partial charge on any atom is 0.251 e. The Bertz CT molecular complexity index is 999. The molecule has 1 fully saturated rings. The third kappa shape index (κ3) is 5.61. The molecule has 1 heterocycles. The van der Waals surface area contributed by atoms with Crippen LogP contribution in [0.25, 0.3) is 0 Å². The average Bonchev–Trinajstić information content (AvgIpc) is 2.72. The van der Waals surface area contributed by atoms with Crippen LogP contribution in [0.3, 0.4) is 0 Å². The van der Waals surface area contributed by atoms with E-state index in [2.05, 4.69) is 22.3 Å². The zero-order valence-corrected chi connectivity index (χ0v) is 18.8. The number of likely N-dealkylation sites (tertiary alicyclic amines) is 1. The zero-order valence-electron chi connectivity index (χ0n) is 18.0. The van der Waals surface area contributed by atoms with Crippen LogP contribution in [0.5, 0.6) is 0 Å². The standard InChI is InChI=1S/C23H31N3O3S/c1-18-15-19(11-12-22(18)25(2)30(3,28)29)23(27)24-16-20-9-5-6-10-21(20)17-26-13-7-4-8-14-26/h5-6,9-12,15H,4,7-8,13-14,16-17H2,1-3H3,(H,24,27). The predicted octanol–water partition coefficient (Wildman–Crippen LogP) is 3.31. The highest BCUT2D eigenvalue weighted by atomic mass is 32.2. The first-order chi connectivity index (χ1) is 14.3. The van der Waals surface area contributed by atoms with Gasteiger partial charge in [0.25, 0.3) is 5.91 Å². The van der Waals surface area contributed by atoms with Crippen molar-refractivity contribution in [2.75, 3.05) is 30.7 Å². The fourth-order valence-electron chi connectivity index (χ4n) is 3.85. The average molecular weight is 430 g/mol. The number of nitrogens with one attached hydrogen (secondary N) is 1. The van der Waals surface area contributed by atoms with Gasteiger partial charge in [-0.15, -0.1) is 0 Å². The molecule has 6 nitrogen and oxygen atoms in total.